The Morgan fingerprint density at radius 1 is 1.19 bits per heavy atom. The molecule has 3 rings (SSSR count). The summed E-state index contributed by atoms with van der Waals surface area (Å²) in [6, 6.07) is 5.20. The minimum absolute atomic E-state index is 0.0216. The first-order valence-corrected chi connectivity index (χ1v) is 9.48. The Bertz CT molecular complexity index is 1220. The number of aromatic amines is 1. The number of nitrogens with two attached hydrogens (primary N) is 1. The first-order valence-electron chi connectivity index (χ1n) is 9.48. The van der Waals surface area contributed by atoms with Gasteiger partial charge in [-0.15, -0.1) is 0 Å². The van der Waals surface area contributed by atoms with Crippen LogP contribution in [0.15, 0.2) is 47.6 Å². The molecule has 0 aliphatic heterocycles. The van der Waals surface area contributed by atoms with Crippen LogP contribution in [0.2, 0.25) is 0 Å². The largest absolute Gasteiger partial charge is 0.513 e. The average molecular weight is 439 g/mol. The van der Waals surface area contributed by atoms with E-state index in [4.69, 9.17) is 10.8 Å². The summed E-state index contributed by atoms with van der Waals surface area (Å²) in [5.74, 6) is -1.95. The number of aliphatic hydroxyl groups excluding tert-OH is 1. The van der Waals surface area contributed by atoms with Crippen LogP contribution in [-0.2, 0) is 11.3 Å². The first-order chi connectivity index (χ1) is 15.2. The van der Waals surface area contributed by atoms with Crippen molar-refractivity contribution in [1.82, 2.24) is 25.3 Å². The van der Waals surface area contributed by atoms with Crippen molar-refractivity contribution < 1.29 is 19.8 Å². The Morgan fingerprint density at radius 2 is 1.91 bits per heavy atom. The lowest BCUT2D eigenvalue weighted by atomic mass is 10.1. The van der Waals surface area contributed by atoms with E-state index in [-0.39, 0.29) is 47.8 Å². The molecule has 0 saturated carbocycles. The fourth-order valence-corrected chi connectivity index (χ4v) is 2.80. The molecule has 0 saturated heterocycles. The highest BCUT2D eigenvalue weighted by Crippen LogP contribution is 2.12. The number of aromatic nitrogens is 4. The van der Waals surface area contributed by atoms with Gasteiger partial charge in [-0.2, -0.15) is 4.98 Å². The summed E-state index contributed by atoms with van der Waals surface area (Å²) in [6.45, 7) is 3.56. The lowest BCUT2D eigenvalue weighted by Crippen LogP contribution is -2.40. The van der Waals surface area contributed by atoms with Gasteiger partial charge in [0.1, 0.15) is 6.04 Å². The number of nitrogens with zero attached hydrogens (tertiary/aromatic N) is 3. The highest BCUT2D eigenvalue weighted by atomic mass is 16.4. The number of benzene rings is 1. The molecule has 166 valence electrons. The van der Waals surface area contributed by atoms with Crippen molar-refractivity contribution in [1.29, 1.82) is 0 Å². The van der Waals surface area contributed by atoms with Gasteiger partial charge < -0.3 is 26.6 Å². The normalized spacial score (nSPS) is 11.6. The lowest BCUT2D eigenvalue weighted by molar-refractivity contribution is -0.139. The Labute approximate surface area is 181 Å². The molecule has 1 amide bonds. The maximum Gasteiger partial charge on any atom is 0.326 e. The number of rotatable bonds is 9. The number of carbonyl (C=O) groups excluding carboxylic acids is 1. The molecular weight excluding hydrogens is 418 g/mol. The van der Waals surface area contributed by atoms with Crippen molar-refractivity contribution in [3.05, 3.63) is 64.4 Å². The van der Waals surface area contributed by atoms with Crippen LogP contribution in [0.4, 0.5) is 11.6 Å². The van der Waals surface area contributed by atoms with Gasteiger partial charge in [0.2, 0.25) is 5.95 Å². The third-order valence-corrected chi connectivity index (χ3v) is 4.43. The molecule has 2 heterocycles. The molecule has 7 N–H and O–H groups in total. The van der Waals surface area contributed by atoms with Gasteiger partial charge in [0.05, 0.1) is 24.2 Å². The average Bonchev–Trinajstić information content (AvgIpc) is 2.75. The summed E-state index contributed by atoms with van der Waals surface area (Å²) < 4.78 is 0. The molecule has 0 radical (unpaired) electrons. The fourth-order valence-electron chi connectivity index (χ4n) is 2.80. The fraction of sp³-hybridized carbons (Fsp3) is 0.200. The number of carboxylic acids is 1. The predicted molar refractivity (Wildman–Crippen MR) is 116 cm³/mol. The smallest absolute Gasteiger partial charge is 0.326 e. The molecule has 1 atom stereocenters. The Hall–Kier alpha value is -4.48. The third-order valence-electron chi connectivity index (χ3n) is 4.43. The highest BCUT2D eigenvalue weighted by Gasteiger charge is 2.20. The molecule has 32 heavy (non-hydrogen) atoms. The molecule has 3 aromatic rings. The zero-order chi connectivity index (χ0) is 23.3. The number of amides is 1. The van der Waals surface area contributed by atoms with Crippen LogP contribution in [-0.4, -0.2) is 48.1 Å². The van der Waals surface area contributed by atoms with E-state index < -0.39 is 23.5 Å². The second-order valence-electron chi connectivity index (χ2n) is 6.88. The number of hydrogen-bond acceptors (Lipinski definition) is 9. The number of H-pyrrole nitrogens is 1. The molecular formula is C20H21N7O5. The highest BCUT2D eigenvalue weighted by molar-refractivity contribution is 5.96. The SMILES string of the molecule is C=C(O)CC[C@@H](NC(=O)c1ccc(NCc2cnc3nc(N)[nH]c(=O)c3n2)cc1)C(=O)O. The Morgan fingerprint density at radius 3 is 2.56 bits per heavy atom. The summed E-state index contributed by atoms with van der Waals surface area (Å²) in [6.07, 6.45) is 1.55. The van der Waals surface area contributed by atoms with Gasteiger partial charge in [0.15, 0.2) is 11.2 Å². The van der Waals surface area contributed by atoms with Crippen LogP contribution < -0.4 is 21.9 Å². The number of nitrogens with one attached hydrogen (secondary N) is 3. The van der Waals surface area contributed by atoms with Crippen molar-refractivity contribution in [3.63, 3.8) is 0 Å². The molecule has 1 aromatic carbocycles. The van der Waals surface area contributed by atoms with Gasteiger partial charge in [-0.05, 0) is 30.7 Å². The molecule has 12 heteroatoms. The number of aliphatic carboxylic acids is 1. The molecule has 0 unspecified atom stereocenters. The lowest BCUT2D eigenvalue weighted by Gasteiger charge is -2.14. The molecule has 0 fully saturated rings. The Balaban J connectivity index is 1.62. The summed E-state index contributed by atoms with van der Waals surface area (Å²) in [7, 11) is 0. The second kappa shape index (κ2) is 9.55. The third kappa shape index (κ3) is 5.56. The van der Waals surface area contributed by atoms with E-state index >= 15 is 0 Å². The summed E-state index contributed by atoms with van der Waals surface area (Å²) >= 11 is 0. The minimum atomic E-state index is -1.20. The zero-order valence-corrected chi connectivity index (χ0v) is 16.8. The maximum absolute atomic E-state index is 12.3. The van der Waals surface area contributed by atoms with Crippen LogP contribution in [0.1, 0.15) is 28.9 Å². The molecule has 0 aliphatic carbocycles. The van der Waals surface area contributed by atoms with Crippen molar-refractivity contribution in [2.75, 3.05) is 11.1 Å². The molecule has 0 spiro atoms. The maximum atomic E-state index is 12.3. The predicted octanol–water partition coefficient (Wildman–Crippen LogP) is 0.942. The molecule has 12 nitrogen and oxygen atoms in total. The molecule has 2 aromatic heterocycles. The van der Waals surface area contributed by atoms with Crippen LogP contribution in [0, 0.1) is 0 Å². The molecule has 0 aliphatic rings. The van der Waals surface area contributed by atoms with Crippen molar-refractivity contribution >= 4 is 34.7 Å². The summed E-state index contributed by atoms with van der Waals surface area (Å²) in [5.41, 5.74) is 6.64. The van der Waals surface area contributed by atoms with E-state index in [9.17, 15) is 19.5 Å². The quantitative estimate of drug-likeness (QED) is 0.261. The first kappa shape index (κ1) is 22.2. The molecule has 0 bridgehead atoms. The van der Waals surface area contributed by atoms with E-state index in [1.807, 2.05) is 0 Å². The van der Waals surface area contributed by atoms with Crippen LogP contribution in [0.3, 0.4) is 0 Å². The van der Waals surface area contributed by atoms with Crippen LogP contribution >= 0.6 is 0 Å². The van der Waals surface area contributed by atoms with E-state index in [2.05, 4.69) is 37.1 Å². The zero-order valence-electron chi connectivity index (χ0n) is 16.8. The Kier molecular flexibility index (Phi) is 6.63. The number of nitrogen functional groups attached to an aromatic ring is 1. The van der Waals surface area contributed by atoms with Gasteiger partial charge in [-0.25, -0.2) is 14.8 Å². The van der Waals surface area contributed by atoms with Gasteiger partial charge in [-0.1, -0.05) is 6.58 Å². The van der Waals surface area contributed by atoms with Gasteiger partial charge in [0, 0.05) is 17.7 Å². The van der Waals surface area contributed by atoms with Gasteiger partial charge in [-0.3, -0.25) is 14.6 Å². The van der Waals surface area contributed by atoms with Gasteiger partial charge in [0.25, 0.3) is 11.5 Å². The van der Waals surface area contributed by atoms with Crippen LogP contribution in [0.5, 0.6) is 0 Å². The van der Waals surface area contributed by atoms with Crippen LogP contribution in [0.25, 0.3) is 11.2 Å². The number of aliphatic hydroxyl groups is 1. The number of allylic oxidation sites excluding steroid dienone is 1. The van der Waals surface area contributed by atoms with E-state index in [1.165, 1.54) is 18.3 Å². The van der Waals surface area contributed by atoms with Crippen molar-refractivity contribution in [2.24, 2.45) is 0 Å². The second-order valence-corrected chi connectivity index (χ2v) is 6.88. The van der Waals surface area contributed by atoms with Crippen molar-refractivity contribution in [2.45, 2.75) is 25.4 Å². The number of fused-ring (bicyclic) bond motifs is 1. The number of hydrogen-bond donors (Lipinski definition) is 6. The van der Waals surface area contributed by atoms with E-state index in [1.54, 1.807) is 12.1 Å². The van der Waals surface area contributed by atoms with Crippen molar-refractivity contribution in [3.8, 4) is 0 Å². The number of carbonyl (C=O) groups is 2. The standard InChI is InChI=1S/C20H21N7O5/c1-10(28)2-7-14(19(31)32)25-17(29)11-3-5-12(6-4-11)22-8-13-9-23-16-15(24-13)18(30)27-20(21)26-16/h3-6,9,14,22,28H,1-2,7-8H2,(H,25,29)(H,31,32)(H3,21,23,26,27,30)/t14-/m1/s1. The van der Waals surface area contributed by atoms with Gasteiger partial charge >= 0.3 is 5.97 Å². The minimum Gasteiger partial charge on any atom is -0.513 e. The topological polar surface area (TPSA) is 196 Å². The summed E-state index contributed by atoms with van der Waals surface area (Å²) in [4.78, 5) is 50.1. The number of anilines is 2. The van der Waals surface area contributed by atoms with E-state index in [0.29, 0.717) is 11.4 Å². The van der Waals surface area contributed by atoms with E-state index in [0.717, 1.165) is 0 Å². The monoisotopic (exact) mass is 439 g/mol. The summed E-state index contributed by atoms with van der Waals surface area (Å²) in [5, 5.41) is 23.9. The number of carboxylic acid groups (broad SMARTS) is 1.